The number of hydrogen-bond acceptors (Lipinski definition) is 9. The van der Waals surface area contributed by atoms with Crippen LogP contribution in [0, 0.1) is 0 Å². The molecule has 0 saturated carbocycles. The van der Waals surface area contributed by atoms with Gasteiger partial charge < -0.3 is 31.4 Å². The van der Waals surface area contributed by atoms with Gasteiger partial charge in [-0.2, -0.15) is 4.98 Å². The van der Waals surface area contributed by atoms with Gasteiger partial charge in [0.05, 0.1) is 36.6 Å². The van der Waals surface area contributed by atoms with Crippen LogP contribution in [0.1, 0.15) is 20.7 Å². The molecule has 0 atom stereocenters. The van der Waals surface area contributed by atoms with E-state index >= 15 is 0 Å². The third kappa shape index (κ3) is 4.09. The Bertz CT molecular complexity index is 1440. The van der Waals surface area contributed by atoms with Gasteiger partial charge in [0.15, 0.2) is 0 Å². The van der Waals surface area contributed by atoms with Crippen LogP contribution in [0.5, 0.6) is 11.9 Å². The third-order valence-electron chi connectivity index (χ3n) is 5.06. The molecule has 2 aromatic heterocycles. The molecule has 0 radical (unpaired) electrons. The molecule has 0 unspecified atom stereocenters. The Morgan fingerprint density at radius 2 is 1.85 bits per heavy atom. The number of fused-ring (bicyclic) bond motifs is 1. The second-order valence-corrected chi connectivity index (χ2v) is 7.13. The number of anilines is 3. The Morgan fingerprint density at radius 3 is 2.53 bits per heavy atom. The van der Waals surface area contributed by atoms with E-state index in [4.69, 9.17) is 20.9 Å². The van der Waals surface area contributed by atoms with Crippen LogP contribution in [-0.4, -0.2) is 46.2 Å². The lowest BCUT2D eigenvalue weighted by Gasteiger charge is -2.16. The van der Waals surface area contributed by atoms with Crippen LogP contribution in [0.2, 0.25) is 0 Å². The van der Waals surface area contributed by atoms with Crippen LogP contribution in [0.3, 0.4) is 0 Å². The van der Waals surface area contributed by atoms with Crippen molar-refractivity contribution in [1.82, 2.24) is 15.0 Å². The number of aromatic carboxylic acids is 1. The van der Waals surface area contributed by atoms with Gasteiger partial charge >= 0.3 is 12.0 Å². The number of carboxylic acid groups (broad SMARTS) is 1. The molecule has 4 rings (SSSR count). The van der Waals surface area contributed by atoms with E-state index < -0.39 is 11.9 Å². The first-order valence-corrected chi connectivity index (χ1v) is 9.91. The number of primary amides is 1. The molecule has 172 valence electrons. The van der Waals surface area contributed by atoms with Crippen molar-refractivity contribution in [1.29, 1.82) is 0 Å². The van der Waals surface area contributed by atoms with Crippen molar-refractivity contribution in [2.45, 2.75) is 0 Å². The highest BCUT2D eigenvalue weighted by Gasteiger charge is 2.20. The van der Waals surface area contributed by atoms with E-state index in [1.165, 1.54) is 26.4 Å². The van der Waals surface area contributed by atoms with Crippen molar-refractivity contribution in [3.05, 3.63) is 59.8 Å². The quantitative estimate of drug-likeness (QED) is 0.321. The van der Waals surface area contributed by atoms with Crippen LogP contribution >= 0.6 is 0 Å². The molecule has 11 heteroatoms. The van der Waals surface area contributed by atoms with E-state index in [1.54, 1.807) is 36.5 Å². The highest BCUT2D eigenvalue weighted by atomic mass is 16.5. The van der Waals surface area contributed by atoms with Gasteiger partial charge in [0.1, 0.15) is 11.4 Å². The second-order valence-electron chi connectivity index (χ2n) is 7.13. The summed E-state index contributed by atoms with van der Waals surface area (Å²) in [6, 6.07) is 11.5. The SMILES string of the molecule is COc1ncc(-c2ccc3c(Nc4cccc(C(=O)O)c4)c(C(N)=O)c(N)nc3c2)c(OC)n1. The van der Waals surface area contributed by atoms with E-state index in [-0.39, 0.29) is 23.0 Å². The summed E-state index contributed by atoms with van der Waals surface area (Å²) in [5, 5.41) is 12.9. The Kier molecular flexibility index (Phi) is 5.83. The summed E-state index contributed by atoms with van der Waals surface area (Å²) < 4.78 is 10.4. The van der Waals surface area contributed by atoms with Gasteiger partial charge in [-0.15, -0.1) is 0 Å². The predicted octanol–water partition coefficient (Wildman–Crippen LogP) is 2.83. The number of ether oxygens (including phenoxy) is 2. The minimum absolute atomic E-state index is 0.00802. The van der Waals surface area contributed by atoms with Gasteiger partial charge in [-0.25, -0.2) is 14.8 Å². The van der Waals surface area contributed by atoms with Crippen molar-refractivity contribution in [2.75, 3.05) is 25.3 Å². The number of amides is 1. The zero-order chi connectivity index (χ0) is 24.4. The number of carbonyl (C=O) groups excluding carboxylic acids is 1. The number of benzene rings is 2. The molecule has 4 aromatic rings. The van der Waals surface area contributed by atoms with E-state index in [0.717, 1.165) is 0 Å². The number of hydrogen-bond donors (Lipinski definition) is 4. The molecule has 0 aliphatic rings. The standard InChI is InChI=1S/C23H20N6O5/c1-33-21-15(10-26-23(29-21)34-2)11-6-7-14-16(9-11)28-19(24)17(20(25)30)18(14)27-13-5-3-4-12(8-13)22(31)32/h3-10H,1-2H3,(H2,25,30)(H,31,32)(H3,24,27,28). The number of rotatable bonds is 7. The first-order chi connectivity index (χ1) is 16.3. The fraction of sp³-hybridized carbons (Fsp3) is 0.0870. The van der Waals surface area contributed by atoms with E-state index in [9.17, 15) is 14.7 Å². The Balaban J connectivity index is 1.89. The fourth-order valence-electron chi connectivity index (χ4n) is 3.51. The Morgan fingerprint density at radius 1 is 1.06 bits per heavy atom. The molecule has 0 aliphatic heterocycles. The summed E-state index contributed by atoms with van der Waals surface area (Å²) in [5.41, 5.74) is 14.2. The van der Waals surface area contributed by atoms with Gasteiger partial charge in [0.2, 0.25) is 5.88 Å². The summed E-state index contributed by atoms with van der Waals surface area (Å²) in [5.74, 6) is -1.64. The molecule has 34 heavy (non-hydrogen) atoms. The molecular weight excluding hydrogens is 440 g/mol. The monoisotopic (exact) mass is 460 g/mol. The van der Waals surface area contributed by atoms with Crippen molar-refractivity contribution >= 4 is 40.0 Å². The van der Waals surface area contributed by atoms with E-state index in [2.05, 4.69) is 20.3 Å². The average Bonchev–Trinajstić information content (AvgIpc) is 2.83. The summed E-state index contributed by atoms with van der Waals surface area (Å²) >= 11 is 0. The van der Waals surface area contributed by atoms with Crippen LogP contribution in [-0.2, 0) is 0 Å². The maximum absolute atomic E-state index is 12.2. The van der Waals surface area contributed by atoms with Crippen LogP contribution in [0.15, 0.2) is 48.7 Å². The number of nitrogens with one attached hydrogen (secondary N) is 1. The summed E-state index contributed by atoms with van der Waals surface area (Å²) in [7, 11) is 2.93. The summed E-state index contributed by atoms with van der Waals surface area (Å²) in [4.78, 5) is 36.2. The largest absolute Gasteiger partial charge is 0.480 e. The fourth-order valence-corrected chi connectivity index (χ4v) is 3.51. The zero-order valence-corrected chi connectivity index (χ0v) is 18.2. The minimum atomic E-state index is -1.09. The van der Waals surface area contributed by atoms with Gasteiger partial charge in [-0.3, -0.25) is 4.79 Å². The van der Waals surface area contributed by atoms with Crippen LogP contribution in [0.25, 0.3) is 22.0 Å². The number of nitrogens with two attached hydrogens (primary N) is 2. The number of nitrogen functional groups attached to an aromatic ring is 1. The van der Waals surface area contributed by atoms with Crippen molar-refractivity contribution < 1.29 is 24.2 Å². The molecule has 0 aliphatic carbocycles. The van der Waals surface area contributed by atoms with E-state index in [1.807, 2.05) is 0 Å². The number of nitrogens with zero attached hydrogens (tertiary/aromatic N) is 3. The normalized spacial score (nSPS) is 10.6. The number of aromatic nitrogens is 3. The van der Waals surface area contributed by atoms with E-state index in [0.29, 0.717) is 39.3 Å². The number of pyridine rings is 1. The highest BCUT2D eigenvalue weighted by molar-refractivity contribution is 6.11. The van der Waals surface area contributed by atoms with Gasteiger partial charge in [-0.05, 0) is 29.8 Å². The van der Waals surface area contributed by atoms with Crippen molar-refractivity contribution in [3.63, 3.8) is 0 Å². The number of carboxylic acids is 1. The topological polar surface area (TPSA) is 176 Å². The zero-order valence-electron chi connectivity index (χ0n) is 18.2. The lowest BCUT2D eigenvalue weighted by Crippen LogP contribution is -2.17. The number of carbonyl (C=O) groups is 2. The van der Waals surface area contributed by atoms with Crippen molar-refractivity contribution in [2.24, 2.45) is 5.73 Å². The molecule has 2 heterocycles. The summed E-state index contributed by atoms with van der Waals surface area (Å²) in [6.45, 7) is 0. The maximum Gasteiger partial charge on any atom is 0.335 e. The maximum atomic E-state index is 12.2. The molecule has 0 bridgehead atoms. The van der Waals surface area contributed by atoms with Crippen LogP contribution < -0.4 is 26.3 Å². The first-order valence-electron chi connectivity index (χ1n) is 9.91. The predicted molar refractivity (Wildman–Crippen MR) is 125 cm³/mol. The van der Waals surface area contributed by atoms with Gasteiger partial charge in [0, 0.05) is 17.3 Å². The van der Waals surface area contributed by atoms with Gasteiger partial charge in [0.25, 0.3) is 5.91 Å². The second kappa shape index (κ2) is 8.90. The Labute approximate surface area is 193 Å². The average molecular weight is 460 g/mol. The molecule has 11 nitrogen and oxygen atoms in total. The lowest BCUT2D eigenvalue weighted by molar-refractivity contribution is 0.0696. The first kappa shape index (κ1) is 22.3. The smallest absolute Gasteiger partial charge is 0.335 e. The summed E-state index contributed by atoms with van der Waals surface area (Å²) in [6.07, 6.45) is 1.56. The molecule has 0 spiro atoms. The minimum Gasteiger partial charge on any atom is -0.480 e. The molecular formula is C23H20N6O5. The number of methoxy groups -OCH3 is 2. The highest BCUT2D eigenvalue weighted by Crippen LogP contribution is 2.36. The molecule has 6 N–H and O–H groups in total. The lowest BCUT2D eigenvalue weighted by atomic mass is 10.0. The Hall–Kier alpha value is -4.93. The van der Waals surface area contributed by atoms with Crippen LogP contribution in [0.4, 0.5) is 17.2 Å². The molecule has 0 saturated heterocycles. The molecule has 0 fully saturated rings. The van der Waals surface area contributed by atoms with Crippen molar-refractivity contribution in [3.8, 4) is 23.0 Å². The van der Waals surface area contributed by atoms with Gasteiger partial charge in [-0.1, -0.05) is 18.2 Å². The third-order valence-corrected chi connectivity index (χ3v) is 5.06. The molecule has 1 amide bonds. The molecule has 2 aromatic carbocycles.